The first-order chi connectivity index (χ1) is 14.7. The summed E-state index contributed by atoms with van der Waals surface area (Å²) in [6, 6.07) is 20.0. The molecule has 0 aliphatic carbocycles. The van der Waals surface area contributed by atoms with Gasteiger partial charge in [0, 0.05) is 30.1 Å². The predicted octanol–water partition coefficient (Wildman–Crippen LogP) is 7.91. The topological polar surface area (TPSA) is 24.8 Å². The van der Waals surface area contributed by atoms with Crippen molar-refractivity contribution in [1.29, 1.82) is 0 Å². The van der Waals surface area contributed by atoms with E-state index < -0.39 is 0 Å². The normalized spacial score (nSPS) is 17.6. The minimum absolute atomic E-state index is 0.119. The van der Waals surface area contributed by atoms with Crippen molar-refractivity contribution < 1.29 is 4.74 Å². The van der Waals surface area contributed by atoms with Gasteiger partial charge in [-0.25, -0.2) is 0 Å². The average molecular weight is 433 g/mol. The first-order valence-electron chi connectivity index (χ1n) is 10.7. The van der Waals surface area contributed by atoms with E-state index in [0.29, 0.717) is 5.92 Å². The molecule has 3 nitrogen and oxygen atoms in total. The van der Waals surface area contributed by atoms with E-state index in [0.717, 1.165) is 34.2 Å². The molecule has 1 aliphatic rings. The van der Waals surface area contributed by atoms with Gasteiger partial charge in [-0.3, -0.25) is 4.99 Å². The molecule has 3 aromatic rings. The molecule has 1 heterocycles. The van der Waals surface area contributed by atoms with E-state index >= 15 is 0 Å². The van der Waals surface area contributed by atoms with Crippen LogP contribution in [0, 0.1) is 6.92 Å². The summed E-state index contributed by atoms with van der Waals surface area (Å²) in [5.41, 5.74) is 5.67. The summed E-state index contributed by atoms with van der Waals surface area (Å²) in [6.07, 6.45) is 2.96. The lowest BCUT2D eigenvalue weighted by Gasteiger charge is -2.45. The van der Waals surface area contributed by atoms with E-state index in [1.165, 1.54) is 16.8 Å². The van der Waals surface area contributed by atoms with E-state index in [-0.39, 0.29) is 5.54 Å². The molecule has 1 atom stereocenters. The van der Waals surface area contributed by atoms with Crippen LogP contribution in [0.15, 0.2) is 65.7 Å². The van der Waals surface area contributed by atoms with Gasteiger partial charge in [0.2, 0.25) is 0 Å². The maximum Gasteiger partial charge on any atom is 0.127 e. The third-order valence-electron chi connectivity index (χ3n) is 6.20. The Kier molecular flexibility index (Phi) is 5.81. The molecule has 0 unspecified atom stereocenters. The summed E-state index contributed by atoms with van der Waals surface area (Å²) < 4.78 is 5.89. The van der Waals surface area contributed by atoms with Crippen molar-refractivity contribution in [3.05, 3.63) is 82.4 Å². The van der Waals surface area contributed by atoms with E-state index in [2.05, 4.69) is 56.8 Å². The summed E-state index contributed by atoms with van der Waals surface area (Å²) in [7, 11) is 2.15. The molecule has 0 aromatic heterocycles. The molecule has 1 aliphatic heterocycles. The van der Waals surface area contributed by atoms with Crippen molar-refractivity contribution >= 4 is 29.2 Å². The molecule has 160 valence electrons. The fourth-order valence-electron chi connectivity index (χ4n) is 4.19. The number of fused-ring (bicyclic) bond motifs is 1. The Hall–Kier alpha value is -2.78. The number of anilines is 1. The second-order valence-corrected chi connectivity index (χ2v) is 9.48. The quantitative estimate of drug-likeness (QED) is 0.391. The van der Waals surface area contributed by atoms with Crippen molar-refractivity contribution in [2.45, 2.75) is 45.6 Å². The lowest BCUT2D eigenvalue weighted by molar-refractivity contribution is 0.395. The zero-order valence-electron chi connectivity index (χ0n) is 18.8. The van der Waals surface area contributed by atoms with Crippen LogP contribution in [0.2, 0.25) is 5.02 Å². The smallest absolute Gasteiger partial charge is 0.127 e. The second-order valence-electron chi connectivity index (χ2n) is 9.08. The van der Waals surface area contributed by atoms with Crippen LogP contribution >= 0.6 is 11.6 Å². The molecule has 0 bridgehead atoms. The number of aliphatic imine (C=N–C) groups is 1. The summed E-state index contributed by atoms with van der Waals surface area (Å²) in [5.74, 6) is 2.09. The number of benzene rings is 3. The SMILES string of the molecule is Cc1ccc(Oc2ccc(N=Cc3cc4c(cc3Cl)N(C)C(C)(C)C[C@@H]4C)cc2)cc1. The number of aryl methyl sites for hydroxylation is 1. The van der Waals surface area contributed by atoms with Gasteiger partial charge in [-0.05, 0) is 87.2 Å². The van der Waals surface area contributed by atoms with Crippen LogP contribution < -0.4 is 9.64 Å². The monoisotopic (exact) mass is 432 g/mol. The van der Waals surface area contributed by atoms with Crippen LogP contribution in [-0.4, -0.2) is 18.8 Å². The first-order valence-corrected chi connectivity index (χ1v) is 11.1. The lowest BCUT2D eigenvalue weighted by Crippen LogP contribution is -2.45. The molecule has 0 saturated carbocycles. The fraction of sp³-hybridized carbons (Fsp3) is 0.296. The van der Waals surface area contributed by atoms with Gasteiger partial charge in [0.15, 0.2) is 0 Å². The molecular weight excluding hydrogens is 404 g/mol. The molecule has 0 radical (unpaired) electrons. The Labute approximate surface area is 190 Å². The van der Waals surface area contributed by atoms with Crippen molar-refractivity contribution in [3.8, 4) is 11.5 Å². The molecule has 4 heteroatoms. The maximum atomic E-state index is 6.62. The summed E-state index contributed by atoms with van der Waals surface area (Å²) in [6.45, 7) is 8.91. The first kappa shape index (κ1) is 21.5. The van der Waals surface area contributed by atoms with E-state index in [9.17, 15) is 0 Å². The number of halogens is 1. The molecule has 3 aromatic carbocycles. The van der Waals surface area contributed by atoms with Crippen LogP contribution in [0.5, 0.6) is 11.5 Å². The number of hydrogen-bond acceptors (Lipinski definition) is 3. The van der Waals surface area contributed by atoms with Gasteiger partial charge in [-0.15, -0.1) is 0 Å². The standard InChI is InChI=1S/C27H29ClN2O/c1-18-6-10-22(11-7-18)31-23-12-8-21(9-13-23)29-17-20-14-24-19(2)16-27(3,4)30(5)26(24)15-25(20)28/h6-15,17,19H,16H2,1-5H3/t19-/m0/s1. The van der Waals surface area contributed by atoms with E-state index in [4.69, 9.17) is 16.3 Å². The zero-order chi connectivity index (χ0) is 22.2. The van der Waals surface area contributed by atoms with E-state index in [1.54, 1.807) is 0 Å². The van der Waals surface area contributed by atoms with Gasteiger partial charge in [-0.2, -0.15) is 0 Å². The summed E-state index contributed by atoms with van der Waals surface area (Å²) in [5, 5.41) is 0.721. The molecular formula is C27H29ClN2O. The minimum atomic E-state index is 0.119. The summed E-state index contributed by atoms with van der Waals surface area (Å²) >= 11 is 6.62. The van der Waals surface area contributed by atoms with Crippen LogP contribution in [0.4, 0.5) is 11.4 Å². The molecule has 0 spiro atoms. The minimum Gasteiger partial charge on any atom is -0.457 e. The van der Waals surface area contributed by atoms with Gasteiger partial charge in [0.1, 0.15) is 11.5 Å². The van der Waals surface area contributed by atoms with Crippen molar-refractivity contribution in [1.82, 2.24) is 0 Å². The summed E-state index contributed by atoms with van der Waals surface area (Å²) in [4.78, 5) is 6.98. The Morgan fingerprint density at radius 3 is 2.29 bits per heavy atom. The van der Waals surface area contributed by atoms with Crippen molar-refractivity contribution in [3.63, 3.8) is 0 Å². The molecule has 31 heavy (non-hydrogen) atoms. The van der Waals surface area contributed by atoms with Gasteiger partial charge in [-0.1, -0.05) is 36.2 Å². The predicted molar refractivity (Wildman–Crippen MR) is 132 cm³/mol. The second kappa shape index (κ2) is 8.39. The Morgan fingerprint density at radius 1 is 1.03 bits per heavy atom. The van der Waals surface area contributed by atoms with Crippen LogP contribution in [0.1, 0.15) is 49.8 Å². The van der Waals surface area contributed by atoms with Crippen molar-refractivity contribution in [2.24, 2.45) is 4.99 Å². The molecule has 0 fully saturated rings. The molecule has 0 saturated heterocycles. The Morgan fingerprint density at radius 2 is 1.65 bits per heavy atom. The highest BCUT2D eigenvalue weighted by Gasteiger charge is 2.34. The largest absolute Gasteiger partial charge is 0.457 e. The third kappa shape index (κ3) is 4.62. The molecule has 0 N–H and O–H groups in total. The molecule has 4 rings (SSSR count). The van der Waals surface area contributed by atoms with Crippen LogP contribution in [0.3, 0.4) is 0 Å². The maximum absolute atomic E-state index is 6.62. The number of ether oxygens (including phenoxy) is 1. The van der Waals surface area contributed by atoms with Gasteiger partial charge in [0.05, 0.1) is 10.7 Å². The zero-order valence-corrected chi connectivity index (χ0v) is 19.6. The van der Waals surface area contributed by atoms with Crippen molar-refractivity contribution in [2.75, 3.05) is 11.9 Å². The number of rotatable bonds is 4. The van der Waals surface area contributed by atoms with Crippen LogP contribution in [-0.2, 0) is 0 Å². The molecule has 0 amide bonds. The Balaban J connectivity index is 1.52. The van der Waals surface area contributed by atoms with Gasteiger partial charge in [0.25, 0.3) is 0 Å². The number of nitrogens with zero attached hydrogens (tertiary/aromatic N) is 2. The number of hydrogen-bond donors (Lipinski definition) is 0. The van der Waals surface area contributed by atoms with Gasteiger partial charge >= 0.3 is 0 Å². The van der Waals surface area contributed by atoms with Crippen LogP contribution in [0.25, 0.3) is 0 Å². The highest BCUT2D eigenvalue weighted by atomic mass is 35.5. The average Bonchev–Trinajstić information content (AvgIpc) is 2.73. The highest BCUT2D eigenvalue weighted by molar-refractivity contribution is 6.33. The highest BCUT2D eigenvalue weighted by Crippen LogP contribution is 2.44. The lowest BCUT2D eigenvalue weighted by atomic mass is 9.80. The Bertz CT molecular complexity index is 1100. The fourth-order valence-corrected chi connectivity index (χ4v) is 4.40. The third-order valence-corrected chi connectivity index (χ3v) is 6.53. The van der Waals surface area contributed by atoms with Gasteiger partial charge < -0.3 is 9.64 Å². The van der Waals surface area contributed by atoms with E-state index in [1.807, 2.05) is 54.7 Å².